The number of esters is 1. The van der Waals surface area contributed by atoms with Crippen LogP contribution in [0.4, 0.5) is 0 Å². The minimum absolute atomic E-state index is 0.0105. The number of ether oxygens (including phenoxy) is 1. The highest BCUT2D eigenvalue weighted by molar-refractivity contribution is 5.78. The molecule has 0 spiro atoms. The second-order valence-electron chi connectivity index (χ2n) is 15.3. The second-order valence-corrected chi connectivity index (χ2v) is 15.3. The first-order valence-corrected chi connectivity index (χ1v) is 14.2. The van der Waals surface area contributed by atoms with Crippen molar-refractivity contribution in [2.24, 2.45) is 50.2 Å². The van der Waals surface area contributed by atoms with Crippen LogP contribution in [0.15, 0.2) is 11.6 Å². The number of carbonyl (C=O) groups is 1. The zero-order chi connectivity index (χ0) is 24.9. The highest BCUT2D eigenvalue weighted by Crippen LogP contribution is 2.75. The normalized spacial score (nSPS) is 51.1. The van der Waals surface area contributed by atoms with Crippen molar-refractivity contribution in [2.75, 3.05) is 7.11 Å². The van der Waals surface area contributed by atoms with Gasteiger partial charge in [0.2, 0.25) is 0 Å². The largest absolute Gasteiger partial charge is 0.469 e. The number of aliphatic hydroxyl groups excluding tert-OH is 1. The summed E-state index contributed by atoms with van der Waals surface area (Å²) in [7, 11) is 1.59. The van der Waals surface area contributed by atoms with Crippen molar-refractivity contribution in [2.45, 2.75) is 119 Å². The van der Waals surface area contributed by atoms with Crippen molar-refractivity contribution in [3.63, 3.8) is 0 Å². The third kappa shape index (κ3) is 3.00. The Hall–Kier alpha value is -0.830. The minimum Gasteiger partial charge on any atom is -0.469 e. The topological polar surface area (TPSA) is 46.5 Å². The van der Waals surface area contributed by atoms with E-state index in [1.165, 1.54) is 25.7 Å². The Morgan fingerprint density at radius 3 is 2.12 bits per heavy atom. The molecule has 4 fully saturated rings. The Kier molecular flexibility index (Phi) is 5.38. The van der Waals surface area contributed by atoms with Gasteiger partial charge in [-0.2, -0.15) is 0 Å². The predicted molar refractivity (Wildman–Crippen MR) is 137 cm³/mol. The second kappa shape index (κ2) is 7.36. The van der Waals surface area contributed by atoms with Gasteiger partial charge < -0.3 is 9.84 Å². The van der Waals surface area contributed by atoms with E-state index in [1.54, 1.807) is 12.7 Å². The highest BCUT2D eigenvalue weighted by Gasteiger charge is 2.68. The fraction of sp³-hybridized carbons (Fsp3) is 0.903. The molecule has 192 valence electrons. The molecule has 3 nitrogen and oxygen atoms in total. The van der Waals surface area contributed by atoms with Gasteiger partial charge in [0.15, 0.2) is 0 Å². The molecule has 0 heterocycles. The molecule has 0 aromatic heterocycles. The summed E-state index contributed by atoms with van der Waals surface area (Å²) >= 11 is 0. The monoisotopic (exact) mass is 470 g/mol. The van der Waals surface area contributed by atoms with E-state index in [2.05, 4.69) is 54.5 Å². The van der Waals surface area contributed by atoms with E-state index in [4.69, 9.17) is 4.74 Å². The molecule has 3 heteroatoms. The Morgan fingerprint density at radius 2 is 1.47 bits per heavy atom. The molecule has 0 saturated heterocycles. The van der Waals surface area contributed by atoms with E-state index in [0.29, 0.717) is 17.8 Å². The highest BCUT2D eigenvalue weighted by atomic mass is 16.5. The summed E-state index contributed by atoms with van der Waals surface area (Å²) in [4.78, 5) is 13.4. The smallest absolute Gasteiger partial charge is 0.312 e. The van der Waals surface area contributed by atoms with Gasteiger partial charge >= 0.3 is 5.97 Å². The van der Waals surface area contributed by atoms with Crippen LogP contribution < -0.4 is 0 Å². The number of hydrogen-bond donors (Lipinski definition) is 1. The Balaban J connectivity index is 1.59. The fourth-order valence-corrected chi connectivity index (χ4v) is 11.1. The molecule has 0 amide bonds. The molecule has 0 radical (unpaired) electrons. The number of methoxy groups -OCH3 is 1. The van der Waals surface area contributed by atoms with Gasteiger partial charge in [-0.1, -0.05) is 60.1 Å². The van der Waals surface area contributed by atoms with Crippen LogP contribution in [-0.4, -0.2) is 24.3 Å². The summed E-state index contributed by atoms with van der Waals surface area (Å²) in [5, 5.41) is 10.9. The van der Waals surface area contributed by atoms with E-state index in [1.807, 2.05) is 0 Å². The van der Waals surface area contributed by atoms with Gasteiger partial charge in [0, 0.05) is 0 Å². The van der Waals surface area contributed by atoms with E-state index in [0.717, 1.165) is 38.5 Å². The fourth-order valence-electron chi connectivity index (χ4n) is 11.1. The molecule has 0 aliphatic heterocycles. The van der Waals surface area contributed by atoms with Crippen LogP contribution in [0.25, 0.3) is 0 Å². The summed E-state index contributed by atoms with van der Waals surface area (Å²) in [5.74, 6) is 1.64. The van der Waals surface area contributed by atoms with Crippen molar-refractivity contribution in [1.29, 1.82) is 0 Å². The maximum atomic E-state index is 13.4. The van der Waals surface area contributed by atoms with Crippen LogP contribution in [0.2, 0.25) is 0 Å². The number of carbonyl (C=O) groups excluding carboxylic acids is 1. The molecule has 0 unspecified atom stereocenters. The summed E-state index contributed by atoms with van der Waals surface area (Å²) in [5.41, 5.74) is 2.15. The molecule has 8 atom stereocenters. The number of rotatable bonds is 1. The third-order valence-corrected chi connectivity index (χ3v) is 12.9. The SMILES string of the molecule is COC(=O)[C@@]12CC=C3[C@]4(C)CC[C@H]5C(C)(C)[C@@H](O)CC[C@]5(C)[C@H]4CC[C@@]3(C)[C@@H]1CC(C)(C)CC2. The molecule has 4 saturated carbocycles. The van der Waals surface area contributed by atoms with E-state index in [9.17, 15) is 9.90 Å². The average molecular weight is 471 g/mol. The van der Waals surface area contributed by atoms with Gasteiger partial charge in [-0.05, 0) is 109 Å². The van der Waals surface area contributed by atoms with E-state index >= 15 is 0 Å². The van der Waals surface area contributed by atoms with Gasteiger partial charge in [0.25, 0.3) is 0 Å². The number of hydrogen-bond acceptors (Lipinski definition) is 3. The zero-order valence-electron chi connectivity index (χ0n) is 23.2. The molecule has 0 bridgehead atoms. The average Bonchev–Trinajstić information content (AvgIpc) is 2.75. The molecular weight excluding hydrogens is 420 g/mol. The van der Waals surface area contributed by atoms with Crippen LogP contribution in [0.1, 0.15) is 113 Å². The van der Waals surface area contributed by atoms with Gasteiger partial charge in [0.1, 0.15) is 0 Å². The Morgan fingerprint density at radius 1 is 0.853 bits per heavy atom. The first kappa shape index (κ1) is 24.8. The predicted octanol–water partition coefficient (Wildman–Crippen LogP) is 7.32. The molecule has 5 aliphatic rings. The van der Waals surface area contributed by atoms with Crippen molar-refractivity contribution >= 4 is 5.97 Å². The maximum absolute atomic E-state index is 13.4. The third-order valence-electron chi connectivity index (χ3n) is 12.9. The first-order valence-electron chi connectivity index (χ1n) is 14.2. The standard InChI is InChI=1S/C31H50O3/c1-26(2)17-18-31(25(33)34-8)16-11-22-29(6)13-9-20-27(3,4)24(32)12-15-28(20,5)21(29)10-14-30(22,7)23(31)19-26/h11,20-21,23-24,32H,9-10,12-19H2,1-8H3/t20-,21+,23-,24-,28-,29+,30+,31+/m0/s1. The van der Waals surface area contributed by atoms with Crippen molar-refractivity contribution in [3.05, 3.63) is 11.6 Å². The maximum Gasteiger partial charge on any atom is 0.312 e. The van der Waals surface area contributed by atoms with Crippen molar-refractivity contribution < 1.29 is 14.6 Å². The van der Waals surface area contributed by atoms with Crippen LogP contribution in [0, 0.1) is 50.2 Å². The molecular formula is C31H50O3. The summed E-state index contributed by atoms with van der Waals surface area (Å²) in [6.07, 6.45) is 13.4. The quantitative estimate of drug-likeness (QED) is 0.322. The summed E-state index contributed by atoms with van der Waals surface area (Å²) in [6, 6.07) is 0. The molecule has 5 aliphatic carbocycles. The van der Waals surface area contributed by atoms with Crippen molar-refractivity contribution in [1.82, 2.24) is 0 Å². The Labute approximate surface area is 208 Å². The van der Waals surface area contributed by atoms with Gasteiger partial charge in [-0.25, -0.2) is 0 Å². The van der Waals surface area contributed by atoms with Crippen LogP contribution in [0.5, 0.6) is 0 Å². The molecule has 0 aromatic rings. The molecule has 0 aromatic carbocycles. The molecule has 34 heavy (non-hydrogen) atoms. The summed E-state index contributed by atoms with van der Waals surface area (Å²) in [6.45, 7) is 17.1. The van der Waals surface area contributed by atoms with Gasteiger partial charge in [-0.15, -0.1) is 0 Å². The Bertz CT molecular complexity index is 900. The summed E-state index contributed by atoms with van der Waals surface area (Å²) < 4.78 is 5.50. The number of allylic oxidation sites excluding steroid dienone is 2. The lowest BCUT2D eigenvalue weighted by Crippen LogP contribution is -2.64. The van der Waals surface area contributed by atoms with E-state index in [-0.39, 0.29) is 44.6 Å². The lowest BCUT2D eigenvalue weighted by molar-refractivity contribution is -0.191. The molecule has 1 N–H and O–H groups in total. The minimum atomic E-state index is -0.343. The number of fused-ring (bicyclic) bond motifs is 7. The molecule has 5 rings (SSSR count). The van der Waals surface area contributed by atoms with Gasteiger partial charge in [-0.3, -0.25) is 4.79 Å². The van der Waals surface area contributed by atoms with Crippen LogP contribution in [0.3, 0.4) is 0 Å². The van der Waals surface area contributed by atoms with E-state index < -0.39 is 0 Å². The van der Waals surface area contributed by atoms with Crippen LogP contribution in [-0.2, 0) is 9.53 Å². The van der Waals surface area contributed by atoms with Crippen LogP contribution >= 0.6 is 0 Å². The lowest BCUT2D eigenvalue weighted by Gasteiger charge is -2.70. The lowest BCUT2D eigenvalue weighted by atomic mass is 9.34. The first-order chi connectivity index (χ1) is 15.7. The van der Waals surface area contributed by atoms with Gasteiger partial charge in [0.05, 0.1) is 18.6 Å². The van der Waals surface area contributed by atoms with Crippen molar-refractivity contribution in [3.8, 4) is 0 Å². The number of aliphatic hydroxyl groups is 1. The zero-order valence-corrected chi connectivity index (χ0v) is 23.2.